The molecule has 1 saturated carbocycles. The summed E-state index contributed by atoms with van der Waals surface area (Å²) in [5.41, 5.74) is -0.458. The van der Waals surface area contributed by atoms with Gasteiger partial charge in [0, 0.05) is 6.04 Å². The Hall–Kier alpha value is -0.280. The standard InChI is InChI=1S/C10H17NO2.ClH/c1-8-4-2-3-7-11(8)10(5-6-10)9(12)13;/h8H,2-7H2,1H3,(H,12,13);1H. The first-order valence-corrected chi connectivity index (χ1v) is 5.17. The summed E-state index contributed by atoms with van der Waals surface area (Å²) < 4.78 is 0. The van der Waals surface area contributed by atoms with Gasteiger partial charge in [-0.15, -0.1) is 12.4 Å². The predicted molar refractivity (Wildman–Crippen MR) is 56.9 cm³/mol. The van der Waals surface area contributed by atoms with Gasteiger partial charge in [0.2, 0.25) is 0 Å². The second-order valence-corrected chi connectivity index (χ2v) is 4.37. The Labute approximate surface area is 90.9 Å². The van der Waals surface area contributed by atoms with Gasteiger partial charge < -0.3 is 5.11 Å². The summed E-state index contributed by atoms with van der Waals surface area (Å²) in [5.74, 6) is -0.610. The third kappa shape index (κ3) is 1.75. The van der Waals surface area contributed by atoms with E-state index in [2.05, 4.69) is 11.8 Å². The number of carbonyl (C=O) groups is 1. The highest BCUT2D eigenvalue weighted by molar-refractivity contribution is 5.85. The molecule has 2 rings (SSSR count). The Balaban J connectivity index is 0.000000980. The molecule has 0 amide bonds. The molecule has 2 aliphatic rings. The Morgan fingerprint density at radius 2 is 2.07 bits per heavy atom. The highest BCUT2D eigenvalue weighted by Crippen LogP contribution is 2.44. The minimum Gasteiger partial charge on any atom is -0.480 e. The van der Waals surface area contributed by atoms with Crippen LogP contribution in [0.4, 0.5) is 0 Å². The van der Waals surface area contributed by atoms with E-state index >= 15 is 0 Å². The van der Waals surface area contributed by atoms with E-state index in [0.717, 1.165) is 25.8 Å². The quantitative estimate of drug-likeness (QED) is 0.771. The number of nitrogens with zero attached hydrogens (tertiary/aromatic N) is 1. The monoisotopic (exact) mass is 219 g/mol. The van der Waals surface area contributed by atoms with Crippen molar-refractivity contribution >= 4 is 18.4 Å². The van der Waals surface area contributed by atoms with Gasteiger partial charge in [0.05, 0.1) is 0 Å². The average molecular weight is 220 g/mol. The summed E-state index contributed by atoms with van der Waals surface area (Å²) in [6, 6.07) is 0.465. The Morgan fingerprint density at radius 1 is 1.43 bits per heavy atom. The number of carboxylic acids is 1. The van der Waals surface area contributed by atoms with Crippen molar-refractivity contribution in [1.82, 2.24) is 4.90 Å². The van der Waals surface area contributed by atoms with Crippen LogP contribution in [0, 0.1) is 0 Å². The van der Waals surface area contributed by atoms with Gasteiger partial charge in [-0.1, -0.05) is 6.42 Å². The van der Waals surface area contributed by atoms with Crippen molar-refractivity contribution < 1.29 is 9.90 Å². The molecule has 0 aromatic carbocycles. The Morgan fingerprint density at radius 3 is 2.50 bits per heavy atom. The van der Waals surface area contributed by atoms with Crippen molar-refractivity contribution in [2.24, 2.45) is 0 Å². The highest BCUT2D eigenvalue weighted by atomic mass is 35.5. The van der Waals surface area contributed by atoms with E-state index in [4.69, 9.17) is 5.11 Å². The van der Waals surface area contributed by atoms with E-state index in [-0.39, 0.29) is 12.4 Å². The summed E-state index contributed by atoms with van der Waals surface area (Å²) in [6.45, 7) is 3.13. The average Bonchev–Trinajstić information content (AvgIpc) is 2.85. The molecule has 1 saturated heterocycles. The highest BCUT2D eigenvalue weighted by Gasteiger charge is 2.56. The van der Waals surface area contributed by atoms with Gasteiger partial charge >= 0.3 is 5.97 Å². The molecule has 14 heavy (non-hydrogen) atoms. The Kier molecular flexibility index (Phi) is 3.43. The minimum atomic E-state index is -0.610. The Bertz CT molecular complexity index is 228. The molecule has 4 heteroatoms. The first kappa shape index (κ1) is 11.8. The smallest absolute Gasteiger partial charge is 0.324 e. The zero-order valence-corrected chi connectivity index (χ0v) is 9.35. The maximum atomic E-state index is 11.1. The van der Waals surface area contributed by atoms with Crippen molar-refractivity contribution in [1.29, 1.82) is 0 Å². The van der Waals surface area contributed by atoms with Gasteiger partial charge in [-0.25, -0.2) is 0 Å². The van der Waals surface area contributed by atoms with Gasteiger partial charge in [0.15, 0.2) is 0 Å². The third-order valence-corrected chi connectivity index (χ3v) is 3.47. The lowest BCUT2D eigenvalue weighted by Crippen LogP contribution is -2.50. The van der Waals surface area contributed by atoms with Crippen LogP contribution in [-0.2, 0) is 4.79 Å². The van der Waals surface area contributed by atoms with Gasteiger partial charge in [0.25, 0.3) is 0 Å². The molecule has 1 heterocycles. The van der Waals surface area contributed by atoms with Gasteiger partial charge in [-0.3, -0.25) is 9.69 Å². The molecule has 0 spiro atoms. The van der Waals surface area contributed by atoms with Crippen molar-refractivity contribution in [2.45, 2.75) is 50.6 Å². The largest absolute Gasteiger partial charge is 0.480 e. The van der Waals surface area contributed by atoms with Crippen LogP contribution in [0.5, 0.6) is 0 Å². The number of likely N-dealkylation sites (tertiary alicyclic amines) is 1. The molecule has 1 aliphatic heterocycles. The number of hydrogen-bond donors (Lipinski definition) is 1. The molecule has 3 nitrogen and oxygen atoms in total. The number of carboxylic acid groups (broad SMARTS) is 1. The molecule has 82 valence electrons. The second kappa shape index (κ2) is 4.07. The van der Waals surface area contributed by atoms with E-state index in [1.54, 1.807) is 0 Å². The van der Waals surface area contributed by atoms with Crippen molar-refractivity contribution in [3.8, 4) is 0 Å². The maximum Gasteiger partial charge on any atom is 0.324 e. The van der Waals surface area contributed by atoms with Crippen LogP contribution in [0.3, 0.4) is 0 Å². The van der Waals surface area contributed by atoms with E-state index in [0.29, 0.717) is 6.04 Å². The number of rotatable bonds is 2. The normalized spacial score (nSPS) is 30.5. The predicted octanol–water partition coefficient (Wildman–Crippen LogP) is 1.90. The zero-order valence-electron chi connectivity index (χ0n) is 8.53. The van der Waals surface area contributed by atoms with Crippen LogP contribution >= 0.6 is 12.4 Å². The minimum absolute atomic E-state index is 0. The lowest BCUT2D eigenvalue weighted by molar-refractivity contribution is -0.147. The summed E-state index contributed by atoms with van der Waals surface area (Å²) in [5, 5.41) is 9.13. The number of aliphatic carboxylic acids is 1. The summed E-state index contributed by atoms with van der Waals surface area (Å²) >= 11 is 0. The number of halogens is 1. The fraction of sp³-hybridized carbons (Fsp3) is 0.900. The summed E-state index contributed by atoms with van der Waals surface area (Å²) in [4.78, 5) is 13.3. The first-order chi connectivity index (χ1) is 6.17. The second-order valence-electron chi connectivity index (χ2n) is 4.37. The molecule has 1 atom stereocenters. The maximum absolute atomic E-state index is 11.1. The van der Waals surface area contributed by atoms with Gasteiger partial charge in [-0.2, -0.15) is 0 Å². The SMILES string of the molecule is CC1CCCCN1C1(C(=O)O)CC1.Cl. The molecule has 1 unspecified atom stereocenters. The third-order valence-electron chi connectivity index (χ3n) is 3.47. The van der Waals surface area contributed by atoms with Crippen LogP contribution < -0.4 is 0 Å². The zero-order chi connectivity index (χ0) is 9.47. The fourth-order valence-corrected chi connectivity index (χ4v) is 2.48. The lowest BCUT2D eigenvalue weighted by atomic mass is 10.00. The first-order valence-electron chi connectivity index (χ1n) is 5.17. The molecular formula is C10H18ClNO2. The van der Waals surface area contributed by atoms with Crippen molar-refractivity contribution in [3.05, 3.63) is 0 Å². The molecule has 0 radical (unpaired) electrons. The lowest BCUT2D eigenvalue weighted by Gasteiger charge is -2.37. The molecule has 1 N–H and O–H groups in total. The number of piperidine rings is 1. The van der Waals surface area contributed by atoms with E-state index in [1.807, 2.05) is 0 Å². The molecule has 0 bridgehead atoms. The summed E-state index contributed by atoms with van der Waals surface area (Å²) in [6.07, 6.45) is 5.29. The van der Waals surface area contributed by atoms with Crippen LogP contribution in [0.25, 0.3) is 0 Å². The molecule has 2 fully saturated rings. The van der Waals surface area contributed by atoms with E-state index in [1.165, 1.54) is 12.8 Å². The van der Waals surface area contributed by atoms with Crippen LogP contribution in [0.15, 0.2) is 0 Å². The molecule has 1 aliphatic carbocycles. The molecule has 0 aromatic rings. The number of hydrogen-bond acceptors (Lipinski definition) is 2. The van der Waals surface area contributed by atoms with Crippen molar-refractivity contribution in [2.75, 3.05) is 6.54 Å². The van der Waals surface area contributed by atoms with Crippen LogP contribution in [0.1, 0.15) is 39.0 Å². The molecular weight excluding hydrogens is 202 g/mol. The van der Waals surface area contributed by atoms with Crippen LogP contribution in [-0.4, -0.2) is 34.1 Å². The van der Waals surface area contributed by atoms with Gasteiger partial charge in [-0.05, 0) is 39.2 Å². The van der Waals surface area contributed by atoms with Crippen molar-refractivity contribution in [3.63, 3.8) is 0 Å². The fourth-order valence-electron chi connectivity index (χ4n) is 2.48. The summed E-state index contributed by atoms with van der Waals surface area (Å²) in [7, 11) is 0. The topological polar surface area (TPSA) is 40.5 Å². The molecule has 0 aromatic heterocycles. The van der Waals surface area contributed by atoms with Crippen LogP contribution in [0.2, 0.25) is 0 Å². The van der Waals surface area contributed by atoms with E-state index in [9.17, 15) is 4.79 Å². The van der Waals surface area contributed by atoms with Gasteiger partial charge in [0.1, 0.15) is 5.54 Å². The van der Waals surface area contributed by atoms with E-state index < -0.39 is 11.5 Å².